The third kappa shape index (κ3) is 4.34. The zero-order valence-corrected chi connectivity index (χ0v) is 11.9. The summed E-state index contributed by atoms with van der Waals surface area (Å²) >= 11 is 0. The van der Waals surface area contributed by atoms with Gasteiger partial charge in [-0.2, -0.15) is 0 Å². The lowest BCUT2D eigenvalue weighted by atomic mass is 10.1. The molecule has 0 amide bonds. The van der Waals surface area contributed by atoms with Gasteiger partial charge in [0.1, 0.15) is 0 Å². The van der Waals surface area contributed by atoms with Crippen LogP contribution in [0.1, 0.15) is 38.7 Å². The minimum atomic E-state index is 0.773. The third-order valence-electron chi connectivity index (χ3n) is 3.59. The van der Waals surface area contributed by atoms with Gasteiger partial charge >= 0.3 is 0 Å². The van der Waals surface area contributed by atoms with Crippen molar-refractivity contribution in [3.05, 3.63) is 29.8 Å². The summed E-state index contributed by atoms with van der Waals surface area (Å²) in [6.45, 7) is 6.71. The summed E-state index contributed by atoms with van der Waals surface area (Å²) in [6, 6.07) is 9.76. The van der Waals surface area contributed by atoms with Gasteiger partial charge in [-0.05, 0) is 42.9 Å². The Labute approximate surface area is 111 Å². The van der Waals surface area contributed by atoms with Gasteiger partial charge in [-0.15, -0.1) is 0 Å². The van der Waals surface area contributed by atoms with Gasteiger partial charge in [0.25, 0.3) is 0 Å². The lowest BCUT2D eigenvalue weighted by Gasteiger charge is -2.20. The number of rotatable bonds is 7. The molecule has 1 aliphatic rings. The molecule has 2 nitrogen and oxygen atoms in total. The Morgan fingerprint density at radius 1 is 1.22 bits per heavy atom. The number of hydrogen-bond acceptors (Lipinski definition) is 2. The van der Waals surface area contributed by atoms with Crippen molar-refractivity contribution in [2.24, 2.45) is 5.92 Å². The number of nitrogens with zero attached hydrogens (tertiary/aromatic N) is 1. The van der Waals surface area contributed by atoms with Crippen LogP contribution in [0.4, 0.5) is 5.69 Å². The first kappa shape index (κ1) is 13.4. The maximum absolute atomic E-state index is 3.55. The predicted octanol–water partition coefficient (Wildman–Crippen LogP) is 3.42. The molecule has 1 aromatic rings. The molecular weight excluding hydrogens is 220 g/mol. The Balaban J connectivity index is 1.81. The van der Waals surface area contributed by atoms with Crippen molar-refractivity contribution in [1.82, 2.24) is 5.32 Å². The summed E-state index contributed by atoms with van der Waals surface area (Å²) in [6.07, 6.45) is 3.97. The highest BCUT2D eigenvalue weighted by molar-refractivity contribution is 5.46. The van der Waals surface area contributed by atoms with Crippen LogP contribution in [-0.4, -0.2) is 19.6 Å². The maximum atomic E-state index is 3.55. The molecule has 0 unspecified atom stereocenters. The van der Waals surface area contributed by atoms with E-state index in [1.165, 1.54) is 30.5 Å². The standard InChI is InChI=1S/C16H26N2/c1-13(2)10-11-18(3)16-8-4-14(5-9-16)12-17-15-6-7-15/h4-5,8-9,13,15,17H,6-7,10-12H2,1-3H3. The zero-order chi connectivity index (χ0) is 13.0. The van der Waals surface area contributed by atoms with E-state index >= 15 is 0 Å². The summed E-state index contributed by atoms with van der Waals surface area (Å²) in [5.74, 6) is 0.773. The van der Waals surface area contributed by atoms with E-state index in [-0.39, 0.29) is 0 Å². The van der Waals surface area contributed by atoms with Gasteiger partial charge in [0, 0.05) is 31.9 Å². The van der Waals surface area contributed by atoms with Crippen molar-refractivity contribution in [3.63, 3.8) is 0 Å². The molecule has 0 atom stereocenters. The molecule has 1 N–H and O–H groups in total. The SMILES string of the molecule is CC(C)CCN(C)c1ccc(CNC2CC2)cc1. The molecule has 100 valence electrons. The van der Waals surface area contributed by atoms with Gasteiger partial charge in [-0.25, -0.2) is 0 Å². The largest absolute Gasteiger partial charge is 0.375 e. The van der Waals surface area contributed by atoms with Gasteiger partial charge in [0.15, 0.2) is 0 Å². The lowest BCUT2D eigenvalue weighted by Crippen LogP contribution is -2.20. The van der Waals surface area contributed by atoms with E-state index in [2.05, 4.69) is 55.4 Å². The minimum absolute atomic E-state index is 0.773. The Bertz CT molecular complexity index is 352. The molecule has 2 heteroatoms. The summed E-state index contributed by atoms with van der Waals surface area (Å²) in [5, 5.41) is 3.55. The molecule has 1 saturated carbocycles. The summed E-state index contributed by atoms with van der Waals surface area (Å²) in [5.41, 5.74) is 2.72. The number of benzene rings is 1. The van der Waals surface area contributed by atoms with Crippen LogP contribution in [0.3, 0.4) is 0 Å². The van der Waals surface area contributed by atoms with Crippen LogP contribution in [0.25, 0.3) is 0 Å². The molecule has 0 aromatic heterocycles. The Morgan fingerprint density at radius 2 is 1.89 bits per heavy atom. The van der Waals surface area contributed by atoms with E-state index < -0.39 is 0 Å². The molecule has 1 fully saturated rings. The van der Waals surface area contributed by atoms with Gasteiger partial charge in [-0.3, -0.25) is 0 Å². The second-order valence-electron chi connectivity index (χ2n) is 5.93. The number of anilines is 1. The van der Waals surface area contributed by atoms with Gasteiger partial charge in [0.05, 0.1) is 0 Å². The molecule has 1 aromatic carbocycles. The van der Waals surface area contributed by atoms with Gasteiger partial charge in [-0.1, -0.05) is 26.0 Å². The minimum Gasteiger partial charge on any atom is -0.375 e. The Hall–Kier alpha value is -1.02. The van der Waals surface area contributed by atoms with E-state index in [0.717, 1.165) is 25.0 Å². The molecule has 1 aliphatic carbocycles. The average molecular weight is 246 g/mol. The maximum Gasteiger partial charge on any atom is 0.0363 e. The number of hydrogen-bond donors (Lipinski definition) is 1. The van der Waals surface area contributed by atoms with Crippen molar-refractivity contribution < 1.29 is 0 Å². The fraction of sp³-hybridized carbons (Fsp3) is 0.625. The van der Waals surface area contributed by atoms with Crippen molar-refractivity contribution in [3.8, 4) is 0 Å². The quantitative estimate of drug-likeness (QED) is 0.793. The first-order valence-corrected chi connectivity index (χ1v) is 7.18. The highest BCUT2D eigenvalue weighted by Crippen LogP contribution is 2.20. The molecule has 0 radical (unpaired) electrons. The second-order valence-corrected chi connectivity index (χ2v) is 5.93. The van der Waals surface area contributed by atoms with E-state index in [4.69, 9.17) is 0 Å². The van der Waals surface area contributed by atoms with Crippen molar-refractivity contribution in [1.29, 1.82) is 0 Å². The first-order chi connectivity index (χ1) is 8.65. The highest BCUT2D eigenvalue weighted by atomic mass is 15.1. The van der Waals surface area contributed by atoms with Gasteiger partial charge < -0.3 is 10.2 Å². The monoisotopic (exact) mass is 246 g/mol. The van der Waals surface area contributed by atoms with Crippen LogP contribution in [0.15, 0.2) is 24.3 Å². The smallest absolute Gasteiger partial charge is 0.0363 e. The van der Waals surface area contributed by atoms with Crippen LogP contribution in [0.2, 0.25) is 0 Å². The Kier molecular flexibility index (Phi) is 4.65. The van der Waals surface area contributed by atoms with E-state index in [0.29, 0.717) is 0 Å². The fourth-order valence-corrected chi connectivity index (χ4v) is 2.00. The molecule has 0 heterocycles. The summed E-state index contributed by atoms with van der Waals surface area (Å²) in [7, 11) is 2.18. The van der Waals surface area contributed by atoms with Crippen molar-refractivity contribution in [2.45, 2.75) is 45.7 Å². The van der Waals surface area contributed by atoms with Crippen LogP contribution in [-0.2, 0) is 6.54 Å². The van der Waals surface area contributed by atoms with E-state index in [9.17, 15) is 0 Å². The molecule has 0 spiro atoms. The van der Waals surface area contributed by atoms with Crippen LogP contribution >= 0.6 is 0 Å². The van der Waals surface area contributed by atoms with Crippen LogP contribution in [0.5, 0.6) is 0 Å². The first-order valence-electron chi connectivity index (χ1n) is 7.18. The predicted molar refractivity (Wildman–Crippen MR) is 79.0 cm³/mol. The molecule has 0 saturated heterocycles. The van der Waals surface area contributed by atoms with Crippen LogP contribution < -0.4 is 10.2 Å². The molecule has 0 bridgehead atoms. The van der Waals surface area contributed by atoms with Gasteiger partial charge in [0.2, 0.25) is 0 Å². The van der Waals surface area contributed by atoms with Crippen molar-refractivity contribution >= 4 is 5.69 Å². The highest BCUT2D eigenvalue weighted by Gasteiger charge is 2.19. The lowest BCUT2D eigenvalue weighted by molar-refractivity contribution is 0.585. The Morgan fingerprint density at radius 3 is 2.44 bits per heavy atom. The molecular formula is C16H26N2. The molecule has 2 rings (SSSR count). The topological polar surface area (TPSA) is 15.3 Å². The van der Waals surface area contributed by atoms with Crippen molar-refractivity contribution in [2.75, 3.05) is 18.5 Å². The number of nitrogens with one attached hydrogen (secondary N) is 1. The summed E-state index contributed by atoms with van der Waals surface area (Å²) in [4.78, 5) is 2.35. The normalized spacial score (nSPS) is 15.1. The van der Waals surface area contributed by atoms with E-state index in [1.807, 2.05) is 0 Å². The fourth-order valence-electron chi connectivity index (χ4n) is 2.00. The average Bonchev–Trinajstić information content (AvgIpc) is 3.18. The van der Waals surface area contributed by atoms with Crippen LogP contribution in [0, 0.1) is 5.92 Å². The summed E-state index contributed by atoms with van der Waals surface area (Å²) < 4.78 is 0. The third-order valence-corrected chi connectivity index (χ3v) is 3.59. The van der Waals surface area contributed by atoms with E-state index in [1.54, 1.807) is 0 Å². The zero-order valence-electron chi connectivity index (χ0n) is 11.9. The molecule has 0 aliphatic heterocycles. The molecule has 18 heavy (non-hydrogen) atoms. The second kappa shape index (κ2) is 6.24.